The summed E-state index contributed by atoms with van der Waals surface area (Å²) in [7, 11) is 0. The lowest BCUT2D eigenvalue weighted by atomic mass is 9.99. The molecule has 2 aliphatic heterocycles. The number of fused-ring (bicyclic) bond motifs is 1. The first-order valence-corrected chi connectivity index (χ1v) is 9.31. The highest BCUT2D eigenvalue weighted by Gasteiger charge is 2.26. The van der Waals surface area contributed by atoms with E-state index in [1.807, 2.05) is 20.8 Å². The number of benzene rings is 1. The fourth-order valence-corrected chi connectivity index (χ4v) is 3.56. The summed E-state index contributed by atoms with van der Waals surface area (Å²) in [5.74, 6) is 1.05. The Morgan fingerprint density at radius 1 is 1.32 bits per heavy atom. The predicted molar refractivity (Wildman–Crippen MR) is 98.0 cm³/mol. The second-order valence-electron chi connectivity index (χ2n) is 8.10. The van der Waals surface area contributed by atoms with Crippen molar-refractivity contribution in [3.8, 4) is 5.75 Å². The van der Waals surface area contributed by atoms with Crippen LogP contribution in [0.2, 0.25) is 0 Å². The molecule has 138 valence electrons. The van der Waals surface area contributed by atoms with Crippen molar-refractivity contribution in [1.82, 2.24) is 10.2 Å². The molecule has 1 unspecified atom stereocenters. The van der Waals surface area contributed by atoms with Crippen LogP contribution in [0.15, 0.2) is 18.2 Å². The molecule has 1 fully saturated rings. The average Bonchev–Trinajstić information content (AvgIpc) is 3.00. The van der Waals surface area contributed by atoms with Crippen molar-refractivity contribution in [3.05, 3.63) is 29.3 Å². The first-order chi connectivity index (χ1) is 11.8. The maximum absolute atomic E-state index is 11.9. The molecule has 0 saturated carbocycles. The number of alkyl carbamates (subject to hydrolysis) is 1. The number of carbonyl (C=O) groups excluding carboxylic acids is 1. The van der Waals surface area contributed by atoms with Gasteiger partial charge in [0, 0.05) is 31.6 Å². The SMILES string of the molecule is CC(c1ccc2c(c1)OCC2)N1CCC(NC(=O)OC(C)(C)C)CC1. The number of ether oxygens (including phenoxy) is 2. The number of nitrogens with zero attached hydrogens (tertiary/aromatic N) is 1. The van der Waals surface area contributed by atoms with Gasteiger partial charge in [0.1, 0.15) is 11.4 Å². The maximum Gasteiger partial charge on any atom is 0.407 e. The molecule has 0 aromatic heterocycles. The number of likely N-dealkylation sites (tertiary alicyclic amines) is 1. The molecule has 25 heavy (non-hydrogen) atoms. The van der Waals surface area contributed by atoms with Gasteiger partial charge in [-0.1, -0.05) is 12.1 Å². The van der Waals surface area contributed by atoms with Gasteiger partial charge in [-0.3, -0.25) is 4.90 Å². The number of nitrogens with one attached hydrogen (secondary N) is 1. The van der Waals surface area contributed by atoms with Gasteiger partial charge in [-0.25, -0.2) is 4.79 Å². The fraction of sp³-hybridized carbons (Fsp3) is 0.650. The molecule has 5 heteroatoms. The van der Waals surface area contributed by atoms with Crippen LogP contribution in [0, 0.1) is 0 Å². The van der Waals surface area contributed by atoms with Crippen molar-refractivity contribution in [1.29, 1.82) is 0 Å². The van der Waals surface area contributed by atoms with Gasteiger partial charge in [0.05, 0.1) is 6.61 Å². The fourth-order valence-electron chi connectivity index (χ4n) is 3.56. The van der Waals surface area contributed by atoms with Gasteiger partial charge in [0.25, 0.3) is 0 Å². The Labute approximate surface area is 150 Å². The summed E-state index contributed by atoms with van der Waals surface area (Å²) in [5, 5.41) is 3.00. The summed E-state index contributed by atoms with van der Waals surface area (Å²) in [6, 6.07) is 7.17. The zero-order valence-corrected chi connectivity index (χ0v) is 15.8. The molecule has 3 rings (SSSR count). The average molecular weight is 346 g/mol. The molecule has 1 N–H and O–H groups in total. The Hall–Kier alpha value is -1.75. The van der Waals surface area contributed by atoms with E-state index in [4.69, 9.17) is 9.47 Å². The van der Waals surface area contributed by atoms with Crippen LogP contribution in [0.5, 0.6) is 5.75 Å². The third kappa shape index (κ3) is 4.66. The molecule has 2 aliphatic rings. The number of carbonyl (C=O) groups is 1. The monoisotopic (exact) mass is 346 g/mol. The largest absolute Gasteiger partial charge is 0.493 e. The number of piperidine rings is 1. The van der Waals surface area contributed by atoms with E-state index in [2.05, 4.69) is 35.3 Å². The van der Waals surface area contributed by atoms with Crippen molar-refractivity contribution in [2.24, 2.45) is 0 Å². The van der Waals surface area contributed by atoms with Gasteiger partial charge in [0.2, 0.25) is 0 Å². The number of amides is 1. The second kappa shape index (κ2) is 7.24. The topological polar surface area (TPSA) is 50.8 Å². The van der Waals surface area contributed by atoms with Crippen molar-refractivity contribution in [3.63, 3.8) is 0 Å². The minimum absolute atomic E-state index is 0.196. The van der Waals surface area contributed by atoms with Crippen LogP contribution in [-0.2, 0) is 11.2 Å². The van der Waals surface area contributed by atoms with E-state index in [-0.39, 0.29) is 12.1 Å². The van der Waals surface area contributed by atoms with Gasteiger partial charge in [-0.15, -0.1) is 0 Å². The van der Waals surface area contributed by atoms with Crippen LogP contribution in [0.1, 0.15) is 57.7 Å². The predicted octanol–water partition coefficient (Wildman–Crippen LogP) is 3.67. The summed E-state index contributed by atoms with van der Waals surface area (Å²) >= 11 is 0. The Morgan fingerprint density at radius 3 is 2.72 bits per heavy atom. The van der Waals surface area contributed by atoms with Crippen LogP contribution in [0.3, 0.4) is 0 Å². The van der Waals surface area contributed by atoms with Gasteiger partial charge >= 0.3 is 6.09 Å². The van der Waals surface area contributed by atoms with E-state index < -0.39 is 5.60 Å². The molecule has 0 bridgehead atoms. The van der Waals surface area contributed by atoms with E-state index in [1.54, 1.807) is 0 Å². The first kappa shape index (κ1) is 18.1. The normalized spacial score (nSPS) is 19.8. The lowest BCUT2D eigenvalue weighted by Crippen LogP contribution is -2.46. The van der Waals surface area contributed by atoms with E-state index in [0.29, 0.717) is 6.04 Å². The molecule has 1 amide bonds. The van der Waals surface area contributed by atoms with E-state index in [9.17, 15) is 4.79 Å². The molecule has 1 aromatic carbocycles. The van der Waals surface area contributed by atoms with Crippen LogP contribution in [-0.4, -0.2) is 42.3 Å². The molecule has 1 atom stereocenters. The van der Waals surface area contributed by atoms with Gasteiger partial charge < -0.3 is 14.8 Å². The minimum atomic E-state index is -0.449. The Bertz CT molecular complexity index is 616. The van der Waals surface area contributed by atoms with Crippen molar-refractivity contribution >= 4 is 6.09 Å². The van der Waals surface area contributed by atoms with Crippen LogP contribution < -0.4 is 10.1 Å². The summed E-state index contributed by atoms with van der Waals surface area (Å²) in [5.41, 5.74) is 2.17. The summed E-state index contributed by atoms with van der Waals surface area (Å²) in [6.07, 6.45) is 2.61. The van der Waals surface area contributed by atoms with Crippen LogP contribution >= 0.6 is 0 Å². The Balaban J connectivity index is 1.51. The van der Waals surface area contributed by atoms with Gasteiger partial charge in [0.15, 0.2) is 0 Å². The van der Waals surface area contributed by atoms with Crippen molar-refractivity contribution in [2.45, 2.75) is 64.6 Å². The van der Waals surface area contributed by atoms with Gasteiger partial charge in [-0.2, -0.15) is 0 Å². The number of hydrogen-bond donors (Lipinski definition) is 1. The molecular formula is C20H30N2O3. The molecular weight excluding hydrogens is 316 g/mol. The summed E-state index contributed by atoms with van der Waals surface area (Å²) < 4.78 is 11.0. The summed E-state index contributed by atoms with van der Waals surface area (Å²) in [4.78, 5) is 14.4. The zero-order valence-electron chi connectivity index (χ0n) is 15.8. The molecule has 5 nitrogen and oxygen atoms in total. The lowest BCUT2D eigenvalue weighted by molar-refractivity contribution is 0.0470. The lowest BCUT2D eigenvalue weighted by Gasteiger charge is -2.36. The number of hydrogen-bond acceptors (Lipinski definition) is 4. The molecule has 1 aromatic rings. The van der Waals surface area contributed by atoms with E-state index in [0.717, 1.165) is 44.7 Å². The van der Waals surface area contributed by atoms with Crippen LogP contribution in [0.4, 0.5) is 4.79 Å². The Kier molecular flexibility index (Phi) is 5.23. The van der Waals surface area contributed by atoms with Crippen molar-refractivity contribution < 1.29 is 14.3 Å². The first-order valence-electron chi connectivity index (χ1n) is 9.31. The molecule has 2 heterocycles. The molecule has 0 spiro atoms. The van der Waals surface area contributed by atoms with E-state index >= 15 is 0 Å². The highest BCUT2D eigenvalue weighted by atomic mass is 16.6. The van der Waals surface area contributed by atoms with Crippen LogP contribution in [0.25, 0.3) is 0 Å². The maximum atomic E-state index is 11.9. The smallest absolute Gasteiger partial charge is 0.407 e. The third-order valence-corrected chi connectivity index (χ3v) is 5.00. The van der Waals surface area contributed by atoms with Crippen molar-refractivity contribution in [2.75, 3.05) is 19.7 Å². The quantitative estimate of drug-likeness (QED) is 0.907. The van der Waals surface area contributed by atoms with Gasteiger partial charge in [-0.05, 0) is 57.7 Å². The van der Waals surface area contributed by atoms with E-state index in [1.165, 1.54) is 11.1 Å². The highest BCUT2D eigenvalue weighted by molar-refractivity contribution is 5.68. The Morgan fingerprint density at radius 2 is 2.04 bits per heavy atom. The highest BCUT2D eigenvalue weighted by Crippen LogP contribution is 2.31. The standard InChI is InChI=1S/C20H30N2O3/c1-14(16-6-5-15-9-12-24-18(15)13-16)22-10-7-17(8-11-22)21-19(23)25-20(2,3)4/h5-6,13-14,17H,7-12H2,1-4H3,(H,21,23). The summed E-state index contributed by atoms with van der Waals surface area (Å²) in [6.45, 7) is 10.7. The number of rotatable bonds is 3. The zero-order chi connectivity index (χ0) is 18.0. The molecule has 0 aliphatic carbocycles. The molecule has 0 radical (unpaired) electrons. The molecule has 1 saturated heterocycles. The minimum Gasteiger partial charge on any atom is -0.493 e. The third-order valence-electron chi connectivity index (χ3n) is 5.00. The second-order valence-corrected chi connectivity index (χ2v) is 8.10.